The standard InChI is InChI=1S/C40H36F2N6O8/c1-47-34(21-45-35(47)29-15-14-24(41)19-30(29)42)38(51)48-22-26(20-33(48)40(54)55)56-25-9-6-8-23(18-25)31-12-7-13-32(46-31)37(50)44-17-5-4-16-43-36(49)27-10-2-3-11-28(27)39(52)53/h2-3,6-15,18-19,21,26,33H,4-5,16-17,20,22H2,1H3,(H,43,49)(H,44,50)(H,52,53)(H,54,55)/t26-,33-/m0/s1. The van der Waals surface area contributed by atoms with E-state index < -0.39 is 53.4 Å². The van der Waals surface area contributed by atoms with Crippen LogP contribution in [0.4, 0.5) is 8.78 Å². The van der Waals surface area contributed by atoms with Gasteiger partial charge in [-0.3, -0.25) is 14.4 Å². The number of halogens is 2. The highest BCUT2D eigenvalue weighted by Gasteiger charge is 2.42. The molecule has 14 nitrogen and oxygen atoms in total. The fraction of sp³-hybridized carbons (Fsp3) is 0.225. The Kier molecular flexibility index (Phi) is 11.8. The molecule has 6 rings (SSSR count). The summed E-state index contributed by atoms with van der Waals surface area (Å²) >= 11 is 0. The van der Waals surface area contributed by atoms with Crippen molar-refractivity contribution in [2.75, 3.05) is 19.6 Å². The first kappa shape index (κ1) is 38.7. The Morgan fingerprint density at radius 2 is 1.57 bits per heavy atom. The molecule has 1 saturated heterocycles. The lowest BCUT2D eigenvalue weighted by atomic mass is 10.1. The van der Waals surface area contributed by atoms with E-state index in [9.17, 15) is 43.0 Å². The largest absolute Gasteiger partial charge is 0.488 e. The topological polar surface area (TPSA) is 193 Å². The molecule has 3 amide bonds. The number of unbranched alkanes of at least 4 members (excludes halogenated alkanes) is 1. The number of nitrogens with zero attached hydrogens (tertiary/aromatic N) is 4. The molecule has 0 aliphatic carbocycles. The summed E-state index contributed by atoms with van der Waals surface area (Å²) in [5.41, 5.74) is 1.24. The first-order chi connectivity index (χ1) is 26.9. The van der Waals surface area contributed by atoms with E-state index >= 15 is 0 Å². The number of rotatable bonds is 14. The number of carboxylic acid groups (broad SMARTS) is 2. The van der Waals surface area contributed by atoms with Gasteiger partial charge in [0, 0.05) is 38.2 Å². The summed E-state index contributed by atoms with van der Waals surface area (Å²) in [6, 6.07) is 19.5. The van der Waals surface area contributed by atoms with Crippen LogP contribution in [0.15, 0.2) is 91.1 Å². The number of benzene rings is 3. The smallest absolute Gasteiger partial charge is 0.336 e. The average Bonchev–Trinajstić information content (AvgIpc) is 3.79. The summed E-state index contributed by atoms with van der Waals surface area (Å²) in [6.45, 7) is 0.528. The molecule has 288 valence electrons. The molecular formula is C40H36F2N6O8. The predicted molar refractivity (Wildman–Crippen MR) is 197 cm³/mol. The Bertz CT molecular complexity index is 2310. The fourth-order valence-electron chi connectivity index (χ4n) is 6.37. The SMILES string of the molecule is Cn1c(C(=O)N2C[C@@H](Oc3cccc(-c4cccc(C(=O)NCCCCNC(=O)c5ccccc5C(=O)O)n4)c3)C[C@H]2C(=O)O)cnc1-c1ccc(F)cc1F. The number of pyridine rings is 1. The molecule has 16 heteroatoms. The number of carboxylic acids is 2. The first-order valence-electron chi connectivity index (χ1n) is 17.5. The van der Waals surface area contributed by atoms with Gasteiger partial charge in [0.1, 0.15) is 46.7 Å². The van der Waals surface area contributed by atoms with Gasteiger partial charge in [-0.05, 0) is 61.4 Å². The van der Waals surface area contributed by atoms with Crippen LogP contribution in [0, 0.1) is 11.6 Å². The van der Waals surface area contributed by atoms with E-state index in [1.165, 1.54) is 40.9 Å². The second-order valence-corrected chi connectivity index (χ2v) is 12.9. The number of nitrogens with one attached hydrogen (secondary N) is 2. The monoisotopic (exact) mass is 766 g/mol. The van der Waals surface area contributed by atoms with Crippen molar-refractivity contribution in [3.05, 3.63) is 125 Å². The van der Waals surface area contributed by atoms with Gasteiger partial charge in [0.05, 0.1) is 35.1 Å². The highest BCUT2D eigenvalue weighted by atomic mass is 19.1. The number of hydrogen-bond donors (Lipinski definition) is 4. The minimum absolute atomic E-state index is 0.0116. The maximum Gasteiger partial charge on any atom is 0.336 e. The molecule has 0 bridgehead atoms. The minimum atomic E-state index is -1.23. The number of aromatic carboxylic acids is 1. The van der Waals surface area contributed by atoms with Crippen molar-refractivity contribution in [3.63, 3.8) is 0 Å². The van der Waals surface area contributed by atoms with Gasteiger partial charge >= 0.3 is 11.9 Å². The molecule has 56 heavy (non-hydrogen) atoms. The highest BCUT2D eigenvalue weighted by molar-refractivity contribution is 6.04. The van der Waals surface area contributed by atoms with Crippen molar-refractivity contribution in [1.82, 2.24) is 30.1 Å². The molecular weight excluding hydrogens is 730 g/mol. The van der Waals surface area contributed by atoms with Crippen LogP contribution in [0.1, 0.15) is 61.0 Å². The van der Waals surface area contributed by atoms with Crippen molar-refractivity contribution in [2.24, 2.45) is 7.05 Å². The molecule has 2 aromatic heterocycles. The molecule has 0 saturated carbocycles. The zero-order valence-electron chi connectivity index (χ0n) is 29.9. The Morgan fingerprint density at radius 1 is 0.857 bits per heavy atom. The van der Waals surface area contributed by atoms with E-state index in [4.69, 9.17) is 4.74 Å². The number of imidazole rings is 1. The van der Waals surface area contributed by atoms with Gasteiger partial charge in [0.2, 0.25) is 0 Å². The van der Waals surface area contributed by atoms with E-state index in [1.807, 2.05) is 0 Å². The van der Waals surface area contributed by atoms with Crippen LogP contribution in [0.3, 0.4) is 0 Å². The minimum Gasteiger partial charge on any atom is -0.488 e. The van der Waals surface area contributed by atoms with E-state index in [-0.39, 0.29) is 53.4 Å². The molecule has 3 heterocycles. The third kappa shape index (κ3) is 8.70. The number of carbonyl (C=O) groups is 5. The van der Waals surface area contributed by atoms with Crippen molar-refractivity contribution in [3.8, 4) is 28.4 Å². The number of likely N-dealkylation sites (tertiary alicyclic amines) is 1. The normalized spacial score (nSPS) is 14.9. The molecule has 5 aromatic rings. The molecule has 1 aliphatic heterocycles. The van der Waals surface area contributed by atoms with E-state index in [0.717, 1.165) is 6.07 Å². The number of carbonyl (C=O) groups excluding carboxylic acids is 3. The molecule has 4 N–H and O–H groups in total. The van der Waals surface area contributed by atoms with Gasteiger partial charge in [0.25, 0.3) is 17.7 Å². The highest BCUT2D eigenvalue weighted by Crippen LogP contribution is 2.29. The lowest BCUT2D eigenvalue weighted by molar-refractivity contribution is -0.141. The fourth-order valence-corrected chi connectivity index (χ4v) is 6.37. The quantitative estimate of drug-likeness (QED) is 0.114. The van der Waals surface area contributed by atoms with Gasteiger partial charge < -0.3 is 35.1 Å². The van der Waals surface area contributed by atoms with Crippen molar-refractivity contribution < 1.29 is 47.7 Å². The average molecular weight is 767 g/mol. The Hall–Kier alpha value is -6.97. The van der Waals surface area contributed by atoms with E-state index in [0.29, 0.717) is 42.5 Å². The van der Waals surface area contributed by atoms with Crippen molar-refractivity contribution >= 4 is 29.7 Å². The van der Waals surface area contributed by atoms with Crippen molar-refractivity contribution in [1.29, 1.82) is 0 Å². The van der Waals surface area contributed by atoms with Crippen LogP contribution in [0.5, 0.6) is 5.75 Å². The van der Waals surface area contributed by atoms with Crippen LogP contribution >= 0.6 is 0 Å². The predicted octanol–water partition coefficient (Wildman–Crippen LogP) is 4.81. The second kappa shape index (κ2) is 17.0. The van der Waals surface area contributed by atoms with Gasteiger partial charge in [-0.15, -0.1) is 0 Å². The summed E-state index contributed by atoms with van der Waals surface area (Å²) in [4.78, 5) is 72.4. The molecule has 3 aromatic carbocycles. The van der Waals surface area contributed by atoms with Gasteiger partial charge in [-0.2, -0.15) is 0 Å². The van der Waals surface area contributed by atoms with Crippen LogP contribution in [0.2, 0.25) is 0 Å². The second-order valence-electron chi connectivity index (χ2n) is 12.9. The molecule has 2 atom stereocenters. The Labute approximate surface area is 318 Å². The summed E-state index contributed by atoms with van der Waals surface area (Å²) in [5.74, 6) is -5.14. The van der Waals surface area contributed by atoms with Gasteiger partial charge in [-0.25, -0.2) is 28.3 Å². The molecule has 1 aliphatic rings. The first-order valence-corrected chi connectivity index (χ1v) is 17.5. The summed E-state index contributed by atoms with van der Waals surface area (Å²) in [5, 5.41) is 24.8. The molecule has 0 spiro atoms. The number of hydrogen-bond acceptors (Lipinski definition) is 8. The molecule has 0 radical (unpaired) electrons. The lowest BCUT2D eigenvalue weighted by Crippen LogP contribution is -2.41. The Balaban J connectivity index is 1.04. The van der Waals surface area contributed by atoms with Crippen LogP contribution in [0.25, 0.3) is 22.6 Å². The zero-order chi connectivity index (χ0) is 39.9. The summed E-state index contributed by atoms with van der Waals surface area (Å²) < 4.78 is 35.4. The molecule has 0 unspecified atom stereocenters. The zero-order valence-corrected chi connectivity index (χ0v) is 29.9. The number of ether oxygens (including phenoxy) is 1. The number of aromatic nitrogens is 3. The third-order valence-electron chi connectivity index (χ3n) is 9.18. The van der Waals surface area contributed by atoms with E-state index in [1.54, 1.807) is 54.6 Å². The van der Waals surface area contributed by atoms with Crippen LogP contribution in [-0.4, -0.2) is 91.1 Å². The van der Waals surface area contributed by atoms with Crippen LogP contribution in [-0.2, 0) is 11.8 Å². The lowest BCUT2D eigenvalue weighted by Gasteiger charge is -2.21. The number of aliphatic carboxylic acids is 1. The Morgan fingerprint density at radius 3 is 2.29 bits per heavy atom. The maximum absolute atomic E-state index is 14.5. The summed E-state index contributed by atoms with van der Waals surface area (Å²) in [6.07, 6.45) is 1.58. The van der Waals surface area contributed by atoms with Crippen molar-refractivity contribution in [2.45, 2.75) is 31.4 Å². The van der Waals surface area contributed by atoms with Gasteiger partial charge in [0.15, 0.2) is 0 Å². The maximum atomic E-state index is 14.5. The summed E-state index contributed by atoms with van der Waals surface area (Å²) in [7, 11) is 1.48. The van der Waals surface area contributed by atoms with Gasteiger partial charge in [-0.1, -0.05) is 30.3 Å². The molecule has 1 fully saturated rings. The third-order valence-corrected chi connectivity index (χ3v) is 9.18. The van der Waals surface area contributed by atoms with Crippen LogP contribution < -0.4 is 15.4 Å². The number of amides is 3. The van der Waals surface area contributed by atoms with E-state index in [2.05, 4.69) is 20.6 Å².